The van der Waals surface area contributed by atoms with Crippen LogP contribution in [0.3, 0.4) is 0 Å². The topological polar surface area (TPSA) is 33.8 Å². The highest BCUT2D eigenvalue weighted by atomic mass is 16.1. The molecule has 0 bridgehead atoms. The molecular formula is C15H15N2O+. The highest BCUT2D eigenvalue weighted by molar-refractivity contribution is 5.95. The van der Waals surface area contributed by atoms with E-state index in [0.717, 1.165) is 16.8 Å². The molecule has 0 aliphatic rings. The maximum atomic E-state index is 12.1. The molecule has 0 saturated heterocycles. The average Bonchev–Trinajstić information content (AvgIpc) is 2.40. The van der Waals surface area contributed by atoms with Gasteiger partial charge in [-0.15, -0.1) is 0 Å². The van der Waals surface area contributed by atoms with Gasteiger partial charge in [0.25, 0.3) is 0 Å². The van der Waals surface area contributed by atoms with Gasteiger partial charge >= 0.3 is 0 Å². The van der Waals surface area contributed by atoms with E-state index < -0.39 is 0 Å². The Kier molecular flexibility index (Phi) is 3.63. The molecule has 0 aliphatic carbocycles. The van der Waals surface area contributed by atoms with E-state index in [1.807, 2.05) is 41.8 Å². The van der Waals surface area contributed by atoms with Crippen molar-refractivity contribution in [3.63, 3.8) is 0 Å². The fourth-order valence-electron chi connectivity index (χ4n) is 1.75. The van der Waals surface area contributed by atoms with E-state index in [1.165, 1.54) is 0 Å². The van der Waals surface area contributed by atoms with Gasteiger partial charge in [-0.1, -0.05) is 36.9 Å². The van der Waals surface area contributed by atoms with Crippen LogP contribution in [0, 0.1) is 0 Å². The summed E-state index contributed by atoms with van der Waals surface area (Å²) in [6, 6.07) is 9.28. The number of hydrogen-bond acceptors (Lipinski definition) is 2. The van der Waals surface area contributed by atoms with Crippen LogP contribution < -0.4 is 4.57 Å². The second kappa shape index (κ2) is 5.36. The van der Waals surface area contributed by atoms with Gasteiger partial charge in [-0.2, -0.15) is 4.57 Å². The van der Waals surface area contributed by atoms with E-state index in [-0.39, 0.29) is 5.78 Å². The molecule has 3 heteroatoms. The third kappa shape index (κ3) is 2.69. The molecule has 1 aromatic heterocycles. The van der Waals surface area contributed by atoms with Crippen molar-refractivity contribution in [3.05, 3.63) is 66.8 Å². The number of nitrogens with zero attached hydrogens (tertiary/aromatic N) is 2. The minimum absolute atomic E-state index is 0.0781. The van der Waals surface area contributed by atoms with Crippen LogP contribution in [-0.2, 0) is 6.54 Å². The Balaban J connectivity index is 2.25. The molecule has 1 heterocycles. The maximum absolute atomic E-state index is 12.1. The Morgan fingerprint density at radius 2 is 2.06 bits per heavy atom. The predicted molar refractivity (Wildman–Crippen MR) is 69.9 cm³/mol. The van der Waals surface area contributed by atoms with Crippen molar-refractivity contribution in [2.45, 2.75) is 13.5 Å². The van der Waals surface area contributed by atoms with Crippen molar-refractivity contribution in [2.75, 3.05) is 0 Å². The van der Waals surface area contributed by atoms with Crippen LogP contribution in [0.1, 0.15) is 23.0 Å². The van der Waals surface area contributed by atoms with Gasteiger partial charge in [-0.05, 0) is 6.92 Å². The standard InChI is InChI=1S/C15H15N2O/c1-12(2)14-10-16-8-9-17(14)11-15(18)13-6-4-3-5-7-13/h3-10H,1,11H2,2H3/q+1. The molecule has 0 atom stereocenters. The Morgan fingerprint density at radius 1 is 1.33 bits per heavy atom. The molecule has 0 unspecified atom stereocenters. The van der Waals surface area contributed by atoms with Crippen molar-refractivity contribution >= 4 is 11.4 Å². The molecule has 0 aliphatic heterocycles. The fourth-order valence-corrected chi connectivity index (χ4v) is 1.75. The molecule has 0 N–H and O–H groups in total. The van der Waals surface area contributed by atoms with Crippen molar-refractivity contribution in [1.82, 2.24) is 4.98 Å². The number of carbonyl (C=O) groups excluding carboxylic acids is 1. The summed E-state index contributed by atoms with van der Waals surface area (Å²) in [5.41, 5.74) is 2.49. The number of ketones is 1. The summed E-state index contributed by atoms with van der Waals surface area (Å²) < 4.78 is 1.87. The molecule has 1 aromatic carbocycles. The lowest BCUT2D eigenvalue weighted by Crippen LogP contribution is -2.41. The average molecular weight is 239 g/mol. The Labute approximate surface area is 106 Å². The van der Waals surface area contributed by atoms with Gasteiger partial charge in [0, 0.05) is 11.1 Å². The van der Waals surface area contributed by atoms with E-state index in [1.54, 1.807) is 18.6 Å². The van der Waals surface area contributed by atoms with Gasteiger partial charge in [-0.25, -0.2) is 0 Å². The largest absolute Gasteiger partial charge is 0.287 e. The van der Waals surface area contributed by atoms with E-state index in [4.69, 9.17) is 0 Å². The van der Waals surface area contributed by atoms with E-state index in [2.05, 4.69) is 11.6 Å². The molecule has 0 spiro atoms. The highest BCUT2D eigenvalue weighted by Crippen LogP contribution is 2.05. The zero-order valence-electron chi connectivity index (χ0n) is 10.3. The first kappa shape index (κ1) is 12.2. The smallest absolute Gasteiger partial charge is 0.227 e. The van der Waals surface area contributed by atoms with Crippen LogP contribution >= 0.6 is 0 Å². The van der Waals surface area contributed by atoms with Gasteiger partial charge in [0.1, 0.15) is 0 Å². The second-order valence-corrected chi connectivity index (χ2v) is 4.16. The lowest BCUT2D eigenvalue weighted by Gasteiger charge is -2.02. The summed E-state index contributed by atoms with van der Waals surface area (Å²) in [5.74, 6) is 0.0781. The van der Waals surface area contributed by atoms with Crippen LogP contribution in [0.5, 0.6) is 0 Å². The number of Topliss-reactive ketones (excluding diaryl/α,β-unsaturated/α-hetero) is 1. The second-order valence-electron chi connectivity index (χ2n) is 4.16. The summed E-state index contributed by atoms with van der Waals surface area (Å²) in [6.45, 7) is 6.10. The minimum atomic E-state index is 0.0781. The Bertz CT molecular complexity index is 576. The van der Waals surface area contributed by atoms with Gasteiger partial charge in [0.05, 0.1) is 12.4 Å². The zero-order chi connectivity index (χ0) is 13.0. The van der Waals surface area contributed by atoms with Crippen molar-refractivity contribution in [3.8, 4) is 0 Å². The Hall–Kier alpha value is -2.29. The van der Waals surface area contributed by atoms with E-state index in [9.17, 15) is 4.79 Å². The molecule has 0 fully saturated rings. The fraction of sp³-hybridized carbons (Fsp3) is 0.133. The van der Waals surface area contributed by atoms with Crippen LogP contribution in [0.4, 0.5) is 0 Å². The molecule has 0 radical (unpaired) electrons. The van der Waals surface area contributed by atoms with Crippen LogP contribution in [-0.4, -0.2) is 10.8 Å². The minimum Gasteiger partial charge on any atom is -0.287 e. The summed E-state index contributed by atoms with van der Waals surface area (Å²) in [7, 11) is 0. The SMILES string of the molecule is C=C(C)c1cncc[n+]1CC(=O)c1ccccc1. The molecular weight excluding hydrogens is 224 g/mol. The van der Waals surface area contributed by atoms with Crippen LogP contribution in [0.25, 0.3) is 5.57 Å². The molecule has 2 aromatic rings. The molecule has 3 nitrogen and oxygen atoms in total. The van der Waals surface area contributed by atoms with Gasteiger partial charge < -0.3 is 0 Å². The summed E-state index contributed by atoms with van der Waals surface area (Å²) >= 11 is 0. The third-order valence-electron chi connectivity index (χ3n) is 2.69. The first-order valence-electron chi connectivity index (χ1n) is 5.76. The summed E-state index contributed by atoms with van der Waals surface area (Å²) in [5, 5.41) is 0. The van der Waals surface area contributed by atoms with Crippen LogP contribution in [0.2, 0.25) is 0 Å². The molecule has 2 rings (SSSR count). The predicted octanol–water partition coefficient (Wildman–Crippen LogP) is 2.29. The zero-order valence-corrected chi connectivity index (χ0v) is 10.3. The van der Waals surface area contributed by atoms with Crippen molar-refractivity contribution in [2.24, 2.45) is 0 Å². The van der Waals surface area contributed by atoms with Crippen molar-refractivity contribution in [1.29, 1.82) is 0 Å². The van der Waals surface area contributed by atoms with Crippen molar-refractivity contribution < 1.29 is 9.36 Å². The normalized spacial score (nSPS) is 10.1. The lowest BCUT2D eigenvalue weighted by atomic mass is 10.1. The van der Waals surface area contributed by atoms with Gasteiger partial charge in [0.2, 0.25) is 18.0 Å². The lowest BCUT2D eigenvalue weighted by molar-refractivity contribution is -0.685. The third-order valence-corrected chi connectivity index (χ3v) is 2.69. The molecule has 0 amide bonds. The molecule has 90 valence electrons. The molecule has 18 heavy (non-hydrogen) atoms. The number of aromatic nitrogens is 2. The number of allylic oxidation sites excluding steroid dienone is 1. The number of rotatable bonds is 4. The summed E-state index contributed by atoms with van der Waals surface area (Å²) in [4.78, 5) is 16.2. The van der Waals surface area contributed by atoms with Gasteiger partial charge in [-0.3, -0.25) is 9.78 Å². The summed E-state index contributed by atoms with van der Waals surface area (Å²) in [6.07, 6.45) is 5.19. The number of carbonyl (C=O) groups is 1. The first-order valence-corrected chi connectivity index (χ1v) is 5.76. The highest BCUT2D eigenvalue weighted by Gasteiger charge is 2.16. The number of hydrogen-bond donors (Lipinski definition) is 0. The van der Waals surface area contributed by atoms with E-state index >= 15 is 0 Å². The quantitative estimate of drug-likeness (QED) is 0.606. The van der Waals surface area contributed by atoms with E-state index in [0.29, 0.717) is 6.54 Å². The van der Waals surface area contributed by atoms with Crippen LogP contribution in [0.15, 0.2) is 55.5 Å². The number of benzene rings is 1. The van der Waals surface area contributed by atoms with Gasteiger partial charge in [0.15, 0.2) is 6.20 Å². The Morgan fingerprint density at radius 3 is 2.72 bits per heavy atom. The first-order chi connectivity index (χ1) is 8.68. The molecule has 0 saturated carbocycles. The maximum Gasteiger partial charge on any atom is 0.227 e. The monoisotopic (exact) mass is 239 g/mol.